The molecule has 1 aromatic rings. The van der Waals surface area contributed by atoms with E-state index in [0.717, 1.165) is 5.46 Å². The summed E-state index contributed by atoms with van der Waals surface area (Å²) in [6.45, 7) is 16.9. The fourth-order valence-electron chi connectivity index (χ4n) is 3.70. The van der Waals surface area contributed by atoms with Crippen molar-refractivity contribution in [3.63, 3.8) is 0 Å². The highest BCUT2D eigenvalue weighted by Gasteiger charge is 2.51. The zero-order valence-electron chi connectivity index (χ0n) is 20.6. The number of rotatable bonds is 3. The smallest absolute Gasteiger partial charge is 0.444 e. The van der Waals surface area contributed by atoms with Gasteiger partial charge in [-0.1, -0.05) is 6.07 Å². The maximum Gasteiger partial charge on any atom is 0.496 e. The van der Waals surface area contributed by atoms with Gasteiger partial charge in [-0.05, 0) is 61.5 Å². The molecule has 0 spiro atoms. The Balaban J connectivity index is 1.55. The van der Waals surface area contributed by atoms with Crippen molar-refractivity contribution in [1.82, 2.24) is 14.8 Å². The van der Waals surface area contributed by atoms with Crippen molar-refractivity contribution in [1.29, 1.82) is 0 Å². The quantitative estimate of drug-likeness (QED) is 0.665. The number of piperazine rings is 1. The number of nitrogens with zero attached hydrogens (tertiary/aromatic N) is 3. The molecule has 0 aliphatic carbocycles. The SMILES string of the molecule is CC1CN(C(=O)Cc2ccc(B3OC(C)(C)C(C)(C)O3)cn2)CCN1C(=O)OC(C)(C)C. The van der Waals surface area contributed by atoms with Gasteiger partial charge in [0, 0.05) is 43.0 Å². The lowest BCUT2D eigenvalue weighted by Crippen LogP contribution is -2.56. The van der Waals surface area contributed by atoms with Crippen LogP contribution in [0.2, 0.25) is 0 Å². The highest BCUT2D eigenvalue weighted by molar-refractivity contribution is 6.62. The number of hydrogen-bond acceptors (Lipinski definition) is 6. The monoisotopic (exact) mass is 445 g/mol. The predicted molar refractivity (Wildman–Crippen MR) is 123 cm³/mol. The summed E-state index contributed by atoms with van der Waals surface area (Å²) < 4.78 is 17.6. The van der Waals surface area contributed by atoms with Crippen LogP contribution in [0.15, 0.2) is 18.3 Å². The van der Waals surface area contributed by atoms with Crippen LogP contribution in [0.5, 0.6) is 0 Å². The molecular formula is C23H36BN3O5. The average Bonchev–Trinajstić information content (AvgIpc) is 2.88. The Morgan fingerprint density at radius 1 is 1.16 bits per heavy atom. The molecule has 176 valence electrons. The standard InChI is InChI=1S/C23H36BN3O5/c1-16-15-26(11-12-27(16)20(29)30-21(2,3)4)19(28)13-18-10-9-17(14-25-18)24-31-22(5,6)23(7,8)32-24/h9-10,14,16H,11-13,15H2,1-8H3. The van der Waals surface area contributed by atoms with Crippen LogP contribution in [0.3, 0.4) is 0 Å². The Morgan fingerprint density at radius 2 is 1.78 bits per heavy atom. The Labute approximate surface area is 191 Å². The maximum atomic E-state index is 12.8. The number of carbonyl (C=O) groups excluding carboxylic acids is 2. The van der Waals surface area contributed by atoms with Crippen LogP contribution in [0.4, 0.5) is 4.79 Å². The summed E-state index contributed by atoms with van der Waals surface area (Å²) in [5.41, 5.74) is 0.160. The maximum absolute atomic E-state index is 12.8. The van der Waals surface area contributed by atoms with Crippen LogP contribution < -0.4 is 5.46 Å². The second kappa shape index (κ2) is 8.67. The molecule has 8 nitrogen and oxygen atoms in total. The van der Waals surface area contributed by atoms with Gasteiger partial charge in [0.05, 0.1) is 17.6 Å². The minimum atomic E-state index is -0.540. The van der Waals surface area contributed by atoms with E-state index in [0.29, 0.717) is 25.3 Å². The van der Waals surface area contributed by atoms with E-state index in [1.165, 1.54) is 0 Å². The first-order valence-electron chi connectivity index (χ1n) is 11.3. The van der Waals surface area contributed by atoms with E-state index in [-0.39, 0.29) is 24.5 Å². The lowest BCUT2D eigenvalue weighted by Gasteiger charge is -2.40. The van der Waals surface area contributed by atoms with Gasteiger partial charge in [0.1, 0.15) is 5.60 Å². The topological polar surface area (TPSA) is 81.2 Å². The van der Waals surface area contributed by atoms with Gasteiger partial charge in [0.25, 0.3) is 0 Å². The number of hydrogen-bond donors (Lipinski definition) is 0. The second-order valence-electron chi connectivity index (χ2n) is 10.7. The first-order chi connectivity index (χ1) is 14.7. The Kier molecular flexibility index (Phi) is 6.64. The molecule has 0 N–H and O–H groups in total. The van der Waals surface area contributed by atoms with E-state index in [2.05, 4.69) is 4.98 Å². The zero-order valence-corrected chi connectivity index (χ0v) is 20.6. The average molecular weight is 445 g/mol. The summed E-state index contributed by atoms with van der Waals surface area (Å²) in [5, 5.41) is 0. The van der Waals surface area contributed by atoms with Crippen molar-refractivity contribution in [2.75, 3.05) is 19.6 Å². The molecular weight excluding hydrogens is 409 g/mol. The summed E-state index contributed by atoms with van der Waals surface area (Å²) in [6.07, 6.45) is 1.59. The van der Waals surface area contributed by atoms with Gasteiger partial charge in [0.2, 0.25) is 5.91 Å². The van der Waals surface area contributed by atoms with Crippen molar-refractivity contribution >= 4 is 24.6 Å². The zero-order chi connectivity index (χ0) is 23.9. The third-order valence-electron chi connectivity index (χ3n) is 6.31. The van der Waals surface area contributed by atoms with E-state index >= 15 is 0 Å². The van der Waals surface area contributed by atoms with Gasteiger partial charge in [-0.15, -0.1) is 0 Å². The third-order valence-corrected chi connectivity index (χ3v) is 6.31. The van der Waals surface area contributed by atoms with Crippen LogP contribution in [0, 0.1) is 0 Å². The molecule has 0 bridgehead atoms. The molecule has 3 rings (SSSR count). The molecule has 9 heteroatoms. The number of aromatic nitrogens is 1. The molecule has 0 saturated carbocycles. The highest BCUT2D eigenvalue weighted by Crippen LogP contribution is 2.36. The summed E-state index contributed by atoms with van der Waals surface area (Å²) in [5.74, 6) is -0.00317. The van der Waals surface area contributed by atoms with Gasteiger partial charge in [-0.3, -0.25) is 9.78 Å². The van der Waals surface area contributed by atoms with Gasteiger partial charge >= 0.3 is 13.2 Å². The Hall–Kier alpha value is -2.13. The van der Waals surface area contributed by atoms with Crippen LogP contribution in [0.25, 0.3) is 0 Å². The molecule has 1 unspecified atom stereocenters. The van der Waals surface area contributed by atoms with Gasteiger partial charge < -0.3 is 23.8 Å². The molecule has 2 aliphatic rings. The van der Waals surface area contributed by atoms with E-state index in [4.69, 9.17) is 14.0 Å². The molecule has 1 aromatic heterocycles. The van der Waals surface area contributed by atoms with Crippen molar-refractivity contribution in [3.8, 4) is 0 Å². The summed E-state index contributed by atoms with van der Waals surface area (Å²) in [6, 6.07) is 3.64. The van der Waals surface area contributed by atoms with Gasteiger partial charge in [-0.2, -0.15) is 0 Å². The molecule has 2 fully saturated rings. The van der Waals surface area contributed by atoms with E-state index in [1.54, 1.807) is 16.0 Å². The van der Waals surface area contributed by atoms with Crippen LogP contribution in [-0.4, -0.2) is 76.4 Å². The van der Waals surface area contributed by atoms with Crippen LogP contribution >= 0.6 is 0 Å². The predicted octanol–water partition coefficient (Wildman–Crippen LogP) is 2.39. The van der Waals surface area contributed by atoms with E-state index < -0.39 is 23.9 Å². The fraction of sp³-hybridized carbons (Fsp3) is 0.696. The number of pyridine rings is 1. The molecule has 1 atom stereocenters. The van der Waals surface area contributed by atoms with Crippen molar-refractivity contribution in [2.24, 2.45) is 0 Å². The number of amides is 2. The second-order valence-corrected chi connectivity index (χ2v) is 10.7. The van der Waals surface area contributed by atoms with Crippen molar-refractivity contribution in [2.45, 2.75) is 84.7 Å². The minimum Gasteiger partial charge on any atom is -0.444 e. The molecule has 0 radical (unpaired) electrons. The Morgan fingerprint density at radius 3 is 2.28 bits per heavy atom. The first-order valence-corrected chi connectivity index (χ1v) is 11.3. The summed E-state index contributed by atoms with van der Waals surface area (Å²) in [7, 11) is -0.473. The van der Waals surface area contributed by atoms with Crippen molar-refractivity contribution < 1.29 is 23.6 Å². The van der Waals surface area contributed by atoms with Crippen molar-refractivity contribution in [3.05, 3.63) is 24.0 Å². The molecule has 0 aromatic carbocycles. The third kappa shape index (κ3) is 5.43. The first kappa shape index (κ1) is 24.5. The minimum absolute atomic E-state index is 0.00317. The number of carbonyl (C=O) groups is 2. The molecule has 3 heterocycles. The highest BCUT2D eigenvalue weighted by atomic mass is 16.7. The number of ether oxygens (including phenoxy) is 1. The van der Waals surface area contributed by atoms with E-state index in [1.807, 2.05) is 67.5 Å². The lowest BCUT2D eigenvalue weighted by atomic mass is 9.80. The Bertz CT molecular complexity index is 834. The van der Waals surface area contributed by atoms with Crippen LogP contribution in [-0.2, 0) is 25.3 Å². The fourth-order valence-corrected chi connectivity index (χ4v) is 3.70. The molecule has 2 amide bonds. The molecule has 2 saturated heterocycles. The normalized spacial score (nSPS) is 22.8. The molecule has 32 heavy (non-hydrogen) atoms. The van der Waals surface area contributed by atoms with Crippen LogP contribution in [0.1, 0.15) is 61.1 Å². The van der Waals surface area contributed by atoms with Gasteiger partial charge in [-0.25, -0.2) is 4.79 Å². The molecule has 2 aliphatic heterocycles. The van der Waals surface area contributed by atoms with Gasteiger partial charge in [0.15, 0.2) is 0 Å². The van der Waals surface area contributed by atoms with E-state index in [9.17, 15) is 9.59 Å². The summed E-state index contributed by atoms with van der Waals surface area (Å²) >= 11 is 0. The lowest BCUT2D eigenvalue weighted by molar-refractivity contribution is -0.133. The summed E-state index contributed by atoms with van der Waals surface area (Å²) in [4.78, 5) is 33.2. The largest absolute Gasteiger partial charge is 0.496 e.